The molecule has 6 heteroatoms. The van der Waals surface area contributed by atoms with Gasteiger partial charge in [0, 0.05) is 31.2 Å². The zero-order chi connectivity index (χ0) is 15.1. The summed E-state index contributed by atoms with van der Waals surface area (Å²) in [5, 5.41) is 12.6. The minimum absolute atomic E-state index is 0.546. The zero-order valence-electron chi connectivity index (χ0n) is 13.1. The first-order chi connectivity index (χ1) is 10.7. The number of likely N-dealkylation sites (N-methyl/N-ethyl adjacent to an activating group) is 1. The Morgan fingerprint density at radius 3 is 2.95 bits per heavy atom. The largest absolute Gasteiger partial charge is 0.361 e. The smallest absolute Gasteiger partial charge is 0.151 e. The third-order valence-corrected chi connectivity index (χ3v) is 4.89. The van der Waals surface area contributed by atoms with Gasteiger partial charge in [-0.1, -0.05) is 5.16 Å². The van der Waals surface area contributed by atoms with Crippen LogP contribution in [-0.2, 0) is 19.4 Å². The summed E-state index contributed by atoms with van der Waals surface area (Å²) in [5.74, 6) is 1.94. The van der Waals surface area contributed by atoms with Crippen molar-refractivity contribution in [3.63, 3.8) is 0 Å². The highest BCUT2D eigenvalue weighted by atomic mass is 16.5. The molecule has 0 aromatic carbocycles. The quantitative estimate of drug-likeness (QED) is 0.854. The first-order valence-electron chi connectivity index (χ1n) is 7.91. The highest BCUT2D eigenvalue weighted by molar-refractivity contribution is 5.45. The van der Waals surface area contributed by atoms with Gasteiger partial charge in [0.05, 0.1) is 11.9 Å². The molecule has 0 radical (unpaired) electrons. The Morgan fingerprint density at radius 1 is 1.32 bits per heavy atom. The number of rotatable bonds is 4. The van der Waals surface area contributed by atoms with Crippen LogP contribution in [0.1, 0.15) is 29.0 Å². The van der Waals surface area contributed by atoms with Crippen LogP contribution in [0.15, 0.2) is 16.8 Å². The van der Waals surface area contributed by atoms with Crippen LogP contribution in [0.5, 0.6) is 0 Å². The predicted octanol–water partition coefficient (Wildman–Crippen LogP) is 1.58. The highest BCUT2D eigenvalue weighted by Gasteiger charge is 2.32. The van der Waals surface area contributed by atoms with Crippen molar-refractivity contribution in [2.24, 2.45) is 0 Å². The van der Waals surface area contributed by atoms with E-state index in [1.807, 2.05) is 13.1 Å². The molecule has 1 aliphatic carbocycles. The minimum Gasteiger partial charge on any atom is -0.361 e. The number of aromatic nitrogens is 3. The van der Waals surface area contributed by atoms with E-state index in [-0.39, 0.29) is 0 Å². The fourth-order valence-electron chi connectivity index (χ4n) is 3.26. The van der Waals surface area contributed by atoms with E-state index in [9.17, 15) is 0 Å². The lowest BCUT2D eigenvalue weighted by Crippen LogP contribution is -2.58. The highest BCUT2D eigenvalue weighted by Crippen LogP contribution is 2.26. The molecule has 0 amide bonds. The van der Waals surface area contributed by atoms with Crippen LogP contribution in [0.25, 0.3) is 0 Å². The summed E-state index contributed by atoms with van der Waals surface area (Å²) in [7, 11) is 2.16. The maximum absolute atomic E-state index is 5.12. The Balaban J connectivity index is 1.36. The van der Waals surface area contributed by atoms with Gasteiger partial charge in [-0.25, -0.2) is 0 Å². The van der Waals surface area contributed by atoms with E-state index < -0.39 is 0 Å². The SMILES string of the molecule is Cc1oncc1CN(C)C1CN(c2cc3c(nn2)CCC3)C1. The van der Waals surface area contributed by atoms with Crippen molar-refractivity contribution in [2.75, 3.05) is 25.0 Å². The van der Waals surface area contributed by atoms with Gasteiger partial charge < -0.3 is 9.42 Å². The molecule has 2 aromatic rings. The molecule has 116 valence electrons. The van der Waals surface area contributed by atoms with E-state index in [2.05, 4.69) is 38.3 Å². The van der Waals surface area contributed by atoms with Gasteiger partial charge in [0.1, 0.15) is 5.76 Å². The second-order valence-electron chi connectivity index (χ2n) is 6.41. The monoisotopic (exact) mass is 299 g/mol. The average molecular weight is 299 g/mol. The van der Waals surface area contributed by atoms with Crippen LogP contribution in [0.4, 0.5) is 5.82 Å². The van der Waals surface area contributed by atoms with E-state index in [1.54, 1.807) is 0 Å². The van der Waals surface area contributed by atoms with Gasteiger partial charge in [0.2, 0.25) is 0 Å². The van der Waals surface area contributed by atoms with Gasteiger partial charge >= 0.3 is 0 Å². The number of anilines is 1. The van der Waals surface area contributed by atoms with Crippen LogP contribution in [0, 0.1) is 6.92 Å². The first-order valence-corrected chi connectivity index (χ1v) is 7.91. The van der Waals surface area contributed by atoms with Crippen LogP contribution in [0.3, 0.4) is 0 Å². The molecular weight excluding hydrogens is 278 g/mol. The first kappa shape index (κ1) is 13.7. The van der Waals surface area contributed by atoms with Crippen molar-refractivity contribution < 1.29 is 4.52 Å². The molecule has 1 saturated heterocycles. The summed E-state index contributed by atoms with van der Waals surface area (Å²) >= 11 is 0. The molecule has 2 aliphatic rings. The number of hydrogen-bond acceptors (Lipinski definition) is 6. The summed E-state index contributed by atoms with van der Waals surface area (Å²) < 4.78 is 5.12. The molecule has 0 unspecified atom stereocenters. The third-order valence-electron chi connectivity index (χ3n) is 4.89. The Hall–Kier alpha value is -1.95. The lowest BCUT2D eigenvalue weighted by molar-refractivity contribution is 0.195. The Kier molecular flexibility index (Phi) is 3.33. The van der Waals surface area contributed by atoms with Gasteiger partial charge in [-0.15, -0.1) is 5.10 Å². The van der Waals surface area contributed by atoms with Crippen molar-refractivity contribution in [1.82, 2.24) is 20.3 Å². The van der Waals surface area contributed by atoms with E-state index in [0.717, 1.165) is 44.1 Å². The lowest BCUT2D eigenvalue weighted by Gasteiger charge is -2.44. The Bertz CT molecular complexity index is 677. The maximum atomic E-state index is 5.12. The molecule has 0 N–H and O–H groups in total. The van der Waals surface area contributed by atoms with E-state index >= 15 is 0 Å². The van der Waals surface area contributed by atoms with Gasteiger partial charge in [0.15, 0.2) is 5.82 Å². The van der Waals surface area contributed by atoms with Crippen LogP contribution in [-0.4, -0.2) is 46.4 Å². The molecule has 0 atom stereocenters. The molecule has 6 nitrogen and oxygen atoms in total. The van der Waals surface area contributed by atoms with Crippen molar-refractivity contribution >= 4 is 5.82 Å². The molecular formula is C16H21N5O. The van der Waals surface area contributed by atoms with Gasteiger partial charge in [-0.2, -0.15) is 5.10 Å². The number of hydrogen-bond donors (Lipinski definition) is 0. The molecule has 1 aliphatic heterocycles. The second-order valence-corrected chi connectivity index (χ2v) is 6.41. The van der Waals surface area contributed by atoms with E-state index in [0.29, 0.717) is 6.04 Å². The summed E-state index contributed by atoms with van der Waals surface area (Å²) in [6.07, 6.45) is 5.28. The summed E-state index contributed by atoms with van der Waals surface area (Å²) in [5.41, 5.74) is 3.75. The minimum atomic E-state index is 0.546. The Labute approximate surface area is 130 Å². The summed E-state index contributed by atoms with van der Waals surface area (Å²) in [4.78, 5) is 4.67. The molecule has 0 spiro atoms. The number of aryl methyl sites for hydroxylation is 3. The second kappa shape index (κ2) is 5.35. The van der Waals surface area contributed by atoms with Crippen molar-refractivity contribution in [2.45, 2.75) is 38.8 Å². The summed E-state index contributed by atoms with van der Waals surface area (Å²) in [6.45, 7) is 4.86. The molecule has 0 bridgehead atoms. The van der Waals surface area contributed by atoms with Crippen molar-refractivity contribution in [1.29, 1.82) is 0 Å². The molecule has 4 rings (SSSR count). The van der Waals surface area contributed by atoms with Gasteiger partial charge in [0.25, 0.3) is 0 Å². The number of fused-ring (bicyclic) bond motifs is 1. The molecule has 0 saturated carbocycles. The van der Waals surface area contributed by atoms with Gasteiger partial charge in [-0.05, 0) is 44.9 Å². The van der Waals surface area contributed by atoms with Crippen LogP contribution >= 0.6 is 0 Å². The standard InChI is InChI=1S/C16H21N5O/c1-11-13(7-17-22-11)8-20(2)14-9-21(10-14)16-6-12-4-3-5-15(12)18-19-16/h6-7,14H,3-5,8-10H2,1-2H3. The van der Waals surface area contributed by atoms with Crippen molar-refractivity contribution in [3.8, 4) is 0 Å². The predicted molar refractivity (Wildman–Crippen MR) is 82.8 cm³/mol. The number of nitrogens with zero attached hydrogens (tertiary/aromatic N) is 5. The fourth-order valence-corrected chi connectivity index (χ4v) is 3.26. The third kappa shape index (κ3) is 2.37. The zero-order valence-corrected chi connectivity index (χ0v) is 13.1. The molecule has 3 heterocycles. The lowest BCUT2D eigenvalue weighted by atomic mass is 10.1. The van der Waals surface area contributed by atoms with Gasteiger partial charge in [-0.3, -0.25) is 4.90 Å². The van der Waals surface area contributed by atoms with Crippen LogP contribution in [0.2, 0.25) is 0 Å². The molecule has 1 fully saturated rings. The molecule has 22 heavy (non-hydrogen) atoms. The average Bonchev–Trinajstić information content (AvgIpc) is 3.06. The summed E-state index contributed by atoms with van der Waals surface area (Å²) in [6, 6.07) is 2.78. The van der Waals surface area contributed by atoms with Crippen LogP contribution < -0.4 is 4.90 Å². The van der Waals surface area contributed by atoms with Crippen molar-refractivity contribution in [3.05, 3.63) is 34.8 Å². The maximum Gasteiger partial charge on any atom is 0.151 e. The van der Waals surface area contributed by atoms with E-state index in [1.165, 1.54) is 23.2 Å². The topological polar surface area (TPSA) is 58.3 Å². The Morgan fingerprint density at radius 2 is 2.18 bits per heavy atom. The fraction of sp³-hybridized carbons (Fsp3) is 0.562. The normalized spacial score (nSPS) is 17.9. The molecule has 2 aromatic heterocycles. The van der Waals surface area contributed by atoms with E-state index in [4.69, 9.17) is 4.52 Å².